The molecule has 0 heterocycles. The number of carboxylic acids is 2. The van der Waals surface area contributed by atoms with E-state index >= 15 is 0 Å². The van der Waals surface area contributed by atoms with Gasteiger partial charge in [0.25, 0.3) is 25.9 Å². The van der Waals surface area contributed by atoms with Gasteiger partial charge in [0, 0.05) is 24.3 Å². The summed E-state index contributed by atoms with van der Waals surface area (Å²) in [6, 6.07) is 15.4. The van der Waals surface area contributed by atoms with Gasteiger partial charge in [-0.2, -0.15) is 32.2 Å². The van der Waals surface area contributed by atoms with E-state index in [1.807, 2.05) is 0 Å². The van der Waals surface area contributed by atoms with Gasteiger partial charge in [-0.1, -0.05) is 12.1 Å². The van der Waals surface area contributed by atoms with Gasteiger partial charge in [-0.05, 0) is 72.6 Å². The number of fused-ring (bicyclic) bond motifs is 1. The number of carbonyl (C=O) groups is 3. The highest BCUT2D eigenvalue weighted by atomic mass is 32.2. The molecule has 0 aliphatic heterocycles. The Balaban J connectivity index is 1.62. The summed E-state index contributed by atoms with van der Waals surface area (Å²) in [4.78, 5) is 43.8. The van der Waals surface area contributed by atoms with E-state index in [2.05, 4.69) is 34.9 Å². The highest BCUT2D eigenvalue weighted by molar-refractivity contribution is 7.87. The van der Waals surface area contributed by atoms with Gasteiger partial charge in [-0.25, -0.2) is 4.79 Å². The number of aromatic carboxylic acids is 1. The summed E-state index contributed by atoms with van der Waals surface area (Å²) in [7, 11) is -8.00. The van der Waals surface area contributed by atoms with Crippen LogP contribution in [0.1, 0.15) is 34.3 Å². The number of nitrogens with zero attached hydrogens (tertiary/aromatic N) is 7. The number of phenols is 1. The summed E-state index contributed by atoms with van der Waals surface area (Å²) in [6.45, 7) is 1.67. The molecule has 5 N–H and O–H groups in total. The molecule has 5 aromatic rings. The minimum Gasteiger partial charge on any atom is -0.505 e. The lowest BCUT2D eigenvalue weighted by molar-refractivity contribution is -0.384. The summed E-state index contributed by atoms with van der Waals surface area (Å²) in [5.74, 6) is -3.92. The fraction of sp³-hybridized carbons (Fsp3) is 0.162. The first-order valence-corrected chi connectivity index (χ1v) is 20.0. The van der Waals surface area contributed by atoms with E-state index in [-0.39, 0.29) is 41.0 Å². The normalized spacial score (nSPS) is 12.2. The highest BCUT2D eigenvalue weighted by Gasteiger charge is 2.30. The monoisotopic (exact) mass is 876 g/mol. The molecule has 0 radical (unpaired) electrons. The molecule has 0 unspecified atom stereocenters. The van der Waals surface area contributed by atoms with Gasteiger partial charge in [0.2, 0.25) is 0 Å². The zero-order valence-corrected chi connectivity index (χ0v) is 33.5. The first-order chi connectivity index (χ1) is 28.8. The predicted octanol–water partition coefficient (Wildman–Crippen LogP) is 7.94. The van der Waals surface area contributed by atoms with Crippen LogP contribution in [0.15, 0.2) is 113 Å². The molecule has 0 spiro atoms. The van der Waals surface area contributed by atoms with E-state index in [1.54, 1.807) is 13.0 Å². The number of Topliss-reactive ketones (excluding diaryl/α,β-unsaturated/α-hetero) is 1. The molecule has 0 bridgehead atoms. The number of nitro groups is 1. The third-order valence-corrected chi connectivity index (χ3v) is 11.2. The lowest BCUT2D eigenvalue weighted by atomic mass is 10.0. The van der Waals surface area contributed by atoms with Gasteiger partial charge in [-0.15, -0.1) is 15.3 Å². The van der Waals surface area contributed by atoms with Crippen molar-refractivity contribution >= 4 is 94.2 Å². The fourth-order valence-corrected chi connectivity index (χ4v) is 7.26. The number of aromatic hydroxyl groups is 1. The number of rotatable bonds is 17. The summed E-state index contributed by atoms with van der Waals surface area (Å²) in [6.07, 6.45) is -1.11. The molecule has 0 fully saturated rings. The van der Waals surface area contributed by atoms with E-state index in [0.29, 0.717) is 11.3 Å². The van der Waals surface area contributed by atoms with Crippen molar-refractivity contribution in [1.29, 1.82) is 0 Å². The van der Waals surface area contributed by atoms with E-state index < -0.39 is 98.4 Å². The summed E-state index contributed by atoms with van der Waals surface area (Å²) >= 11 is 0. The molecular weight excluding hydrogens is 845 g/mol. The topological polar surface area (TPSA) is 342 Å². The number of anilines is 1. The number of aryl methyl sites for hydroxylation is 1. The number of phenolic OH excluding ortho intramolecular Hbond substituents is 1. The summed E-state index contributed by atoms with van der Waals surface area (Å²) < 4.78 is 62.2. The predicted molar refractivity (Wildman–Crippen MR) is 214 cm³/mol. The Morgan fingerprint density at radius 2 is 1.38 bits per heavy atom. The molecule has 0 amide bonds. The summed E-state index contributed by atoms with van der Waals surface area (Å²) in [5, 5.41) is 64.8. The number of nitrogens with two attached hydrogens (primary N) is 1. The largest absolute Gasteiger partial charge is 0.505 e. The van der Waals surface area contributed by atoms with Gasteiger partial charge in [-0.3, -0.25) is 28.1 Å². The van der Waals surface area contributed by atoms with E-state index in [0.717, 1.165) is 38.5 Å². The number of benzene rings is 5. The summed E-state index contributed by atoms with van der Waals surface area (Å²) in [5.41, 5.74) is 5.16. The van der Waals surface area contributed by atoms with Crippen molar-refractivity contribution in [2.45, 2.75) is 36.0 Å². The van der Waals surface area contributed by atoms with Gasteiger partial charge in [0.15, 0.2) is 11.4 Å². The van der Waals surface area contributed by atoms with Crippen LogP contribution in [-0.4, -0.2) is 69.0 Å². The van der Waals surface area contributed by atoms with Crippen molar-refractivity contribution < 1.29 is 59.8 Å². The minimum absolute atomic E-state index is 0.0188. The number of carboxylic acid groups (broad SMARTS) is 2. The minimum atomic E-state index is -4.86. The molecule has 0 atom stereocenters. The van der Waals surface area contributed by atoms with Crippen LogP contribution in [0.5, 0.6) is 5.75 Å². The van der Waals surface area contributed by atoms with Crippen LogP contribution >= 0.6 is 0 Å². The second-order valence-electron chi connectivity index (χ2n) is 12.7. The van der Waals surface area contributed by atoms with Crippen LogP contribution in [0.2, 0.25) is 0 Å². The standard InChI is InChI=1S/C37H32N8O14S2/c1-19-13-23(8-11-26(19)41-39-22-6-4-5-21(16-22)37(50)51)40-43-28-18-30(60(54,55)58-2)25-17-31(61(56,57)59-3)35(36(49)33(25)34(28)38)44-42-27-10-7-20(15-29(27)45(52)53)14-24(46)9-12-32(47)48/h4-8,10-11,13,15-18,49H,9,12,14,38H2,1-3H3,(H,47,48)(H,50,51). The SMILES string of the molecule is COS(=O)(=O)c1cc2c(S(=O)(=O)OC)cc(N=Nc3ccc(N=Nc4cccc(C(=O)O)c4)c(C)c3)c(N)c2c(O)c1N=Nc1ccc(CC(=O)CCC(=O)O)cc1[N+](=O)[O-]. The Morgan fingerprint density at radius 3 is 2.00 bits per heavy atom. The Labute approximate surface area is 345 Å². The molecule has 0 aliphatic carbocycles. The first kappa shape index (κ1) is 44.7. The second-order valence-corrected chi connectivity index (χ2v) is 16.0. The molecule has 24 heteroatoms. The van der Waals surface area contributed by atoms with Crippen LogP contribution in [0, 0.1) is 17.0 Å². The van der Waals surface area contributed by atoms with Crippen molar-refractivity contribution in [2.24, 2.45) is 30.7 Å². The number of ketones is 1. The number of carbonyl (C=O) groups excluding carboxylic acids is 1. The quantitative estimate of drug-likeness (QED) is 0.0226. The molecule has 0 aromatic heterocycles. The Morgan fingerprint density at radius 1 is 0.754 bits per heavy atom. The molecule has 61 heavy (non-hydrogen) atoms. The molecule has 0 aliphatic rings. The van der Waals surface area contributed by atoms with Crippen molar-refractivity contribution in [2.75, 3.05) is 20.0 Å². The number of nitro benzene ring substituents is 1. The Kier molecular flexibility index (Phi) is 13.4. The fourth-order valence-electron chi connectivity index (χ4n) is 5.58. The Bertz CT molecular complexity index is 2950. The average Bonchev–Trinajstić information content (AvgIpc) is 3.21. The Hall–Kier alpha value is -7.41. The van der Waals surface area contributed by atoms with Gasteiger partial charge >= 0.3 is 11.9 Å². The second kappa shape index (κ2) is 18.2. The van der Waals surface area contributed by atoms with Crippen LogP contribution in [-0.2, 0) is 44.6 Å². The molecule has 5 aromatic carbocycles. The highest BCUT2D eigenvalue weighted by Crippen LogP contribution is 2.49. The molecule has 22 nitrogen and oxygen atoms in total. The van der Waals surface area contributed by atoms with E-state index in [9.17, 15) is 51.5 Å². The van der Waals surface area contributed by atoms with E-state index in [1.165, 1.54) is 42.5 Å². The van der Waals surface area contributed by atoms with Crippen LogP contribution in [0.4, 0.5) is 45.5 Å². The first-order valence-electron chi connectivity index (χ1n) is 17.2. The lowest BCUT2D eigenvalue weighted by Gasteiger charge is -2.15. The number of nitrogen functional groups attached to an aromatic ring is 1. The molecule has 5 rings (SSSR count). The number of aliphatic carboxylic acids is 1. The molecule has 0 saturated heterocycles. The number of hydrogen-bond acceptors (Lipinski definition) is 19. The number of hydrogen-bond donors (Lipinski definition) is 4. The lowest BCUT2D eigenvalue weighted by Crippen LogP contribution is -2.07. The van der Waals surface area contributed by atoms with Gasteiger partial charge in [0.05, 0.1) is 59.3 Å². The van der Waals surface area contributed by atoms with Crippen LogP contribution < -0.4 is 5.73 Å². The zero-order chi connectivity index (χ0) is 44.8. The smallest absolute Gasteiger partial charge is 0.335 e. The van der Waals surface area contributed by atoms with Crippen molar-refractivity contribution in [3.8, 4) is 5.75 Å². The van der Waals surface area contributed by atoms with Crippen molar-refractivity contribution in [1.82, 2.24) is 0 Å². The molecule has 316 valence electrons. The maximum atomic E-state index is 13.3. The average molecular weight is 877 g/mol. The van der Waals surface area contributed by atoms with Crippen LogP contribution in [0.3, 0.4) is 0 Å². The zero-order valence-electron chi connectivity index (χ0n) is 31.9. The van der Waals surface area contributed by atoms with Crippen LogP contribution in [0.25, 0.3) is 10.8 Å². The molecule has 0 saturated carbocycles. The van der Waals surface area contributed by atoms with Gasteiger partial charge in [0.1, 0.15) is 26.9 Å². The van der Waals surface area contributed by atoms with Crippen molar-refractivity contribution in [3.05, 3.63) is 99.6 Å². The third-order valence-electron chi connectivity index (χ3n) is 8.63. The van der Waals surface area contributed by atoms with E-state index in [4.69, 9.17) is 15.0 Å². The third kappa shape index (κ3) is 10.3. The molecular formula is C37H32N8O14S2. The number of azo groups is 3. The van der Waals surface area contributed by atoms with Crippen molar-refractivity contribution in [3.63, 3.8) is 0 Å². The maximum Gasteiger partial charge on any atom is 0.335 e. The van der Waals surface area contributed by atoms with Gasteiger partial charge < -0.3 is 21.1 Å². The maximum absolute atomic E-state index is 13.3.